The number of urea groups is 1. The first-order valence-electron chi connectivity index (χ1n) is 5.99. The molecule has 0 spiro atoms. The molecule has 0 unspecified atom stereocenters. The minimum absolute atomic E-state index is 0.103. The van der Waals surface area contributed by atoms with Crippen LogP contribution in [0.3, 0.4) is 0 Å². The molecule has 18 heavy (non-hydrogen) atoms. The summed E-state index contributed by atoms with van der Waals surface area (Å²) in [6.45, 7) is 2.16. The van der Waals surface area contributed by atoms with Crippen LogP contribution in [-0.2, 0) is 6.42 Å². The molecule has 4 nitrogen and oxygen atoms in total. The third kappa shape index (κ3) is 6.61. The Hall–Kier alpha value is -1.07. The lowest BCUT2D eigenvalue weighted by atomic mass is 10.1. The molecule has 2 N–H and O–H groups in total. The highest BCUT2D eigenvalue weighted by Crippen LogP contribution is 2.10. The second-order valence-electron chi connectivity index (χ2n) is 4.36. The summed E-state index contributed by atoms with van der Waals surface area (Å²) in [6, 6.07) is 8.01. The van der Waals surface area contributed by atoms with Crippen LogP contribution < -0.4 is 10.6 Å². The van der Waals surface area contributed by atoms with Gasteiger partial charge in [-0.3, -0.25) is 0 Å². The van der Waals surface area contributed by atoms with Crippen LogP contribution >= 0.6 is 15.9 Å². The average molecular weight is 314 g/mol. The maximum Gasteiger partial charge on any atom is 0.314 e. The number of amides is 2. The first-order chi connectivity index (χ1) is 8.58. The molecule has 0 aliphatic heterocycles. The molecule has 2 amide bonds. The molecular formula is C13H20BrN3O. The Morgan fingerprint density at radius 2 is 1.78 bits per heavy atom. The first-order valence-corrected chi connectivity index (χ1v) is 6.78. The number of benzene rings is 1. The number of likely N-dealkylation sites (N-methyl/N-ethyl adjacent to an activating group) is 1. The Bertz CT molecular complexity index is 365. The van der Waals surface area contributed by atoms with Gasteiger partial charge in [-0.2, -0.15) is 0 Å². The number of hydrogen-bond donors (Lipinski definition) is 2. The molecule has 0 radical (unpaired) electrons. The monoisotopic (exact) mass is 313 g/mol. The maximum absolute atomic E-state index is 11.4. The van der Waals surface area contributed by atoms with Crippen molar-refractivity contribution in [3.8, 4) is 0 Å². The van der Waals surface area contributed by atoms with Gasteiger partial charge in [0.1, 0.15) is 0 Å². The van der Waals surface area contributed by atoms with Crippen LogP contribution in [0.2, 0.25) is 0 Å². The maximum atomic E-state index is 11.4. The summed E-state index contributed by atoms with van der Waals surface area (Å²) in [7, 11) is 3.96. The largest absolute Gasteiger partial charge is 0.338 e. The van der Waals surface area contributed by atoms with E-state index in [0.717, 1.165) is 17.4 Å². The Balaban J connectivity index is 2.13. The molecule has 0 bridgehead atoms. The van der Waals surface area contributed by atoms with Gasteiger partial charge in [0.25, 0.3) is 0 Å². The smallest absolute Gasteiger partial charge is 0.314 e. The lowest BCUT2D eigenvalue weighted by Crippen LogP contribution is -2.39. The van der Waals surface area contributed by atoms with Gasteiger partial charge in [-0.1, -0.05) is 28.1 Å². The number of carbonyl (C=O) groups excluding carboxylic acids is 1. The van der Waals surface area contributed by atoms with E-state index in [-0.39, 0.29) is 6.03 Å². The third-order valence-corrected chi connectivity index (χ3v) is 2.99. The number of rotatable bonds is 6. The van der Waals surface area contributed by atoms with E-state index in [9.17, 15) is 4.79 Å². The van der Waals surface area contributed by atoms with E-state index in [4.69, 9.17) is 0 Å². The molecule has 0 saturated carbocycles. The minimum Gasteiger partial charge on any atom is -0.338 e. The van der Waals surface area contributed by atoms with Gasteiger partial charge in [0.2, 0.25) is 0 Å². The average Bonchev–Trinajstić information content (AvgIpc) is 2.31. The van der Waals surface area contributed by atoms with Crippen molar-refractivity contribution in [3.05, 3.63) is 34.3 Å². The number of halogens is 1. The van der Waals surface area contributed by atoms with Gasteiger partial charge in [-0.25, -0.2) is 4.79 Å². The van der Waals surface area contributed by atoms with E-state index < -0.39 is 0 Å². The van der Waals surface area contributed by atoms with Crippen LogP contribution in [0.4, 0.5) is 4.79 Å². The Morgan fingerprint density at radius 1 is 1.17 bits per heavy atom. The fourth-order valence-corrected chi connectivity index (χ4v) is 1.69. The van der Waals surface area contributed by atoms with Gasteiger partial charge < -0.3 is 15.5 Å². The number of nitrogens with zero attached hydrogens (tertiary/aromatic N) is 1. The molecule has 5 heteroatoms. The molecule has 100 valence electrons. The summed E-state index contributed by atoms with van der Waals surface area (Å²) in [4.78, 5) is 13.5. The Kier molecular flexibility index (Phi) is 6.75. The fraction of sp³-hybridized carbons (Fsp3) is 0.462. The summed E-state index contributed by atoms with van der Waals surface area (Å²) in [5.41, 5.74) is 1.21. The summed E-state index contributed by atoms with van der Waals surface area (Å²) >= 11 is 3.39. The number of nitrogens with one attached hydrogen (secondary N) is 2. The highest BCUT2D eigenvalue weighted by molar-refractivity contribution is 9.10. The molecular weight excluding hydrogens is 294 g/mol. The molecule has 1 rings (SSSR count). The van der Waals surface area contributed by atoms with Crippen molar-refractivity contribution in [1.82, 2.24) is 15.5 Å². The van der Waals surface area contributed by atoms with Crippen molar-refractivity contribution >= 4 is 22.0 Å². The number of carbonyl (C=O) groups is 1. The SMILES string of the molecule is CN(C)CCNC(=O)NCCc1ccc(Br)cc1. The second-order valence-corrected chi connectivity index (χ2v) is 5.28. The summed E-state index contributed by atoms with van der Waals surface area (Å²) in [5, 5.41) is 5.65. The summed E-state index contributed by atoms with van der Waals surface area (Å²) in [6.07, 6.45) is 0.842. The lowest BCUT2D eigenvalue weighted by Gasteiger charge is -2.11. The zero-order valence-electron chi connectivity index (χ0n) is 10.9. The van der Waals surface area contributed by atoms with Crippen LogP contribution in [-0.4, -0.2) is 44.7 Å². The highest BCUT2D eigenvalue weighted by Gasteiger charge is 1.99. The van der Waals surface area contributed by atoms with Gasteiger partial charge in [0, 0.05) is 24.1 Å². The van der Waals surface area contributed by atoms with E-state index in [2.05, 4.69) is 38.7 Å². The van der Waals surface area contributed by atoms with E-state index in [1.165, 1.54) is 5.56 Å². The Morgan fingerprint density at radius 3 is 2.39 bits per heavy atom. The van der Waals surface area contributed by atoms with Gasteiger partial charge in [0.15, 0.2) is 0 Å². The van der Waals surface area contributed by atoms with E-state index in [1.807, 2.05) is 31.1 Å². The molecule has 0 heterocycles. The van der Waals surface area contributed by atoms with Gasteiger partial charge in [-0.15, -0.1) is 0 Å². The summed E-state index contributed by atoms with van der Waals surface area (Å²) in [5.74, 6) is 0. The molecule has 0 fully saturated rings. The van der Waals surface area contributed by atoms with Crippen molar-refractivity contribution in [1.29, 1.82) is 0 Å². The van der Waals surface area contributed by atoms with Crippen molar-refractivity contribution in [2.75, 3.05) is 33.7 Å². The highest BCUT2D eigenvalue weighted by atomic mass is 79.9. The van der Waals surface area contributed by atoms with Crippen molar-refractivity contribution < 1.29 is 4.79 Å². The van der Waals surface area contributed by atoms with Crippen LogP contribution in [0.15, 0.2) is 28.7 Å². The third-order valence-electron chi connectivity index (χ3n) is 2.46. The first kappa shape index (κ1) is 15.0. The van der Waals surface area contributed by atoms with Crippen LogP contribution in [0, 0.1) is 0 Å². The topological polar surface area (TPSA) is 44.4 Å². The molecule has 0 aromatic heterocycles. The standard InChI is InChI=1S/C13H20BrN3O/c1-17(2)10-9-16-13(18)15-8-7-11-3-5-12(14)6-4-11/h3-6H,7-10H2,1-2H3,(H2,15,16,18). The molecule has 1 aromatic rings. The van der Waals surface area contributed by atoms with E-state index in [0.29, 0.717) is 13.1 Å². The van der Waals surface area contributed by atoms with Gasteiger partial charge in [-0.05, 0) is 38.2 Å². The second kappa shape index (κ2) is 8.11. The van der Waals surface area contributed by atoms with Crippen LogP contribution in [0.1, 0.15) is 5.56 Å². The van der Waals surface area contributed by atoms with Gasteiger partial charge >= 0.3 is 6.03 Å². The van der Waals surface area contributed by atoms with Crippen LogP contribution in [0.5, 0.6) is 0 Å². The van der Waals surface area contributed by atoms with Crippen molar-refractivity contribution in [3.63, 3.8) is 0 Å². The fourth-order valence-electron chi connectivity index (χ4n) is 1.43. The molecule has 0 aliphatic rings. The van der Waals surface area contributed by atoms with Gasteiger partial charge in [0.05, 0.1) is 0 Å². The van der Waals surface area contributed by atoms with Crippen LogP contribution in [0.25, 0.3) is 0 Å². The molecule has 1 aromatic carbocycles. The van der Waals surface area contributed by atoms with Crippen molar-refractivity contribution in [2.24, 2.45) is 0 Å². The normalized spacial score (nSPS) is 10.4. The minimum atomic E-state index is -0.103. The predicted molar refractivity (Wildman–Crippen MR) is 77.8 cm³/mol. The predicted octanol–water partition coefficient (Wildman–Crippen LogP) is 1.85. The zero-order chi connectivity index (χ0) is 13.4. The quantitative estimate of drug-likeness (QED) is 0.842. The summed E-state index contributed by atoms with van der Waals surface area (Å²) < 4.78 is 1.07. The molecule has 0 aliphatic carbocycles. The van der Waals surface area contributed by atoms with E-state index >= 15 is 0 Å². The van der Waals surface area contributed by atoms with E-state index in [1.54, 1.807) is 0 Å². The Labute approximate surface area is 117 Å². The number of hydrogen-bond acceptors (Lipinski definition) is 2. The van der Waals surface area contributed by atoms with Crippen molar-refractivity contribution in [2.45, 2.75) is 6.42 Å². The lowest BCUT2D eigenvalue weighted by molar-refractivity contribution is 0.239. The molecule has 0 saturated heterocycles. The zero-order valence-corrected chi connectivity index (χ0v) is 12.5. The molecule has 0 atom stereocenters.